The van der Waals surface area contributed by atoms with Crippen LogP contribution >= 0.6 is 0 Å². The van der Waals surface area contributed by atoms with E-state index in [0.717, 1.165) is 12.1 Å². The van der Waals surface area contributed by atoms with Gasteiger partial charge in [0.15, 0.2) is 0 Å². The molecule has 1 saturated heterocycles. The summed E-state index contributed by atoms with van der Waals surface area (Å²) in [5, 5.41) is 9.35. The van der Waals surface area contributed by atoms with Gasteiger partial charge in [-0.05, 0) is 31.0 Å². The van der Waals surface area contributed by atoms with Crippen LogP contribution < -0.4 is 4.72 Å². The van der Waals surface area contributed by atoms with E-state index in [0.29, 0.717) is 0 Å². The zero-order valence-electron chi connectivity index (χ0n) is 11.2. The number of hydrogen-bond donors (Lipinski definition) is 2. The predicted molar refractivity (Wildman–Crippen MR) is 71.7 cm³/mol. The molecule has 0 spiro atoms. The molecule has 0 saturated carbocycles. The number of hydrogen-bond acceptors (Lipinski definition) is 4. The van der Waals surface area contributed by atoms with E-state index < -0.39 is 27.2 Å². The highest BCUT2D eigenvalue weighted by Gasteiger charge is 2.41. The molecule has 8 heteroatoms. The summed E-state index contributed by atoms with van der Waals surface area (Å²) in [6.07, 6.45) is 0.460. The monoisotopic (exact) mass is 317 g/mol. The molecule has 2 N–H and O–H groups in total. The molecule has 1 fully saturated rings. The molecule has 116 valence electrons. The van der Waals surface area contributed by atoms with Crippen LogP contribution in [0.3, 0.4) is 0 Å². The Morgan fingerprint density at radius 1 is 1.38 bits per heavy atom. The molecular formula is C13H16FNO5S. The van der Waals surface area contributed by atoms with Gasteiger partial charge in [0.1, 0.15) is 5.82 Å². The third-order valence-corrected chi connectivity index (χ3v) is 5.01. The van der Waals surface area contributed by atoms with Gasteiger partial charge >= 0.3 is 5.97 Å². The smallest absolute Gasteiger partial charge is 0.311 e. The highest BCUT2D eigenvalue weighted by Crippen LogP contribution is 2.30. The van der Waals surface area contributed by atoms with Crippen LogP contribution in [0.1, 0.15) is 12.8 Å². The maximum Gasteiger partial charge on any atom is 0.311 e. The number of aliphatic carboxylic acids is 1. The van der Waals surface area contributed by atoms with Crippen molar-refractivity contribution < 1.29 is 27.4 Å². The molecule has 0 bridgehead atoms. The number of benzene rings is 1. The molecule has 0 atom stereocenters. The highest BCUT2D eigenvalue weighted by atomic mass is 32.2. The summed E-state index contributed by atoms with van der Waals surface area (Å²) in [7, 11) is -3.95. The lowest BCUT2D eigenvalue weighted by Crippen LogP contribution is -2.46. The second-order valence-electron chi connectivity index (χ2n) is 4.98. The Kier molecular flexibility index (Phi) is 4.60. The molecule has 1 aromatic carbocycles. The molecule has 2 rings (SSSR count). The van der Waals surface area contributed by atoms with E-state index >= 15 is 0 Å². The lowest BCUT2D eigenvalue weighted by atomic mass is 9.80. The van der Waals surface area contributed by atoms with E-state index in [2.05, 4.69) is 4.72 Å². The van der Waals surface area contributed by atoms with Crippen molar-refractivity contribution in [1.29, 1.82) is 0 Å². The van der Waals surface area contributed by atoms with Crippen LogP contribution in [0.15, 0.2) is 29.2 Å². The fourth-order valence-corrected chi connectivity index (χ4v) is 3.34. The number of nitrogens with one attached hydrogen (secondary N) is 1. The third-order valence-electron chi connectivity index (χ3n) is 3.61. The number of carbonyl (C=O) groups is 1. The number of carboxylic acids is 1. The van der Waals surface area contributed by atoms with Crippen LogP contribution in [0.25, 0.3) is 0 Å². The van der Waals surface area contributed by atoms with Crippen molar-refractivity contribution in [3.8, 4) is 0 Å². The minimum absolute atomic E-state index is 0.227. The Bertz CT molecular complexity index is 625. The Morgan fingerprint density at radius 3 is 2.62 bits per heavy atom. The summed E-state index contributed by atoms with van der Waals surface area (Å²) in [4.78, 5) is 11.2. The molecule has 0 radical (unpaired) electrons. The molecular weight excluding hydrogens is 301 g/mol. The fourth-order valence-electron chi connectivity index (χ4n) is 2.18. The van der Waals surface area contributed by atoms with Gasteiger partial charge in [-0.25, -0.2) is 17.5 Å². The number of sulfonamides is 1. The van der Waals surface area contributed by atoms with Gasteiger partial charge < -0.3 is 9.84 Å². The lowest BCUT2D eigenvalue weighted by Gasteiger charge is -2.33. The Morgan fingerprint density at radius 2 is 2.05 bits per heavy atom. The maximum atomic E-state index is 13.1. The summed E-state index contributed by atoms with van der Waals surface area (Å²) >= 11 is 0. The lowest BCUT2D eigenvalue weighted by molar-refractivity contribution is -0.154. The molecule has 0 amide bonds. The van der Waals surface area contributed by atoms with Crippen LogP contribution in [0, 0.1) is 11.2 Å². The zero-order chi connectivity index (χ0) is 15.5. The van der Waals surface area contributed by atoms with Crippen LogP contribution in [0.4, 0.5) is 4.39 Å². The average molecular weight is 317 g/mol. The van der Waals surface area contributed by atoms with Crippen molar-refractivity contribution in [2.75, 3.05) is 19.8 Å². The van der Waals surface area contributed by atoms with Crippen molar-refractivity contribution >= 4 is 16.0 Å². The van der Waals surface area contributed by atoms with E-state index in [1.165, 1.54) is 12.1 Å². The molecule has 21 heavy (non-hydrogen) atoms. The summed E-state index contributed by atoms with van der Waals surface area (Å²) < 4.78 is 44.7. The van der Waals surface area contributed by atoms with Crippen molar-refractivity contribution in [2.45, 2.75) is 17.7 Å². The fraction of sp³-hybridized carbons (Fsp3) is 0.462. The molecule has 0 unspecified atom stereocenters. The van der Waals surface area contributed by atoms with Gasteiger partial charge in [-0.15, -0.1) is 0 Å². The number of ether oxygens (including phenoxy) is 1. The molecule has 1 heterocycles. The van der Waals surface area contributed by atoms with Crippen LogP contribution in [0.2, 0.25) is 0 Å². The van der Waals surface area contributed by atoms with Crippen LogP contribution in [-0.4, -0.2) is 39.3 Å². The van der Waals surface area contributed by atoms with Crippen molar-refractivity contribution in [3.63, 3.8) is 0 Å². The third kappa shape index (κ3) is 3.58. The predicted octanol–water partition coefficient (Wildman–Crippen LogP) is 0.985. The first kappa shape index (κ1) is 15.9. The number of carboxylic acid groups (broad SMARTS) is 1. The van der Waals surface area contributed by atoms with Gasteiger partial charge in [0.2, 0.25) is 10.0 Å². The van der Waals surface area contributed by atoms with Gasteiger partial charge in [0.05, 0.1) is 10.3 Å². The van der Waals surface area contributed by atoms with Gasteiger partial charge in [-0.2, -0.15) is 0 Å². The topological polar surface area (TPSA) is 92.7 Å². The number of rotatable bonds is 5. The average Bonchev–Trinajstić information content (AvgIpc) is 2.46. The normalized spacial score (nSPS) is 18.3. The Balaban J connectivity index is 2.15. The largest absolute Gasteiger partial charge is 0.481 e. The van der Waals surface area contributed by atoms with E-state index in [-0.39, 0.29) is 37.5 Å². The van der Waals surface area contributed by atoms with Crippen molar-refractivity contribution in [2.24, 2.45) is 5.41 Å². The first-order valence-electron chi connectivity index (χ1n) is 6.42. The molecule has 6 nitrogen and oxygen atoms in total. The molecule has 0 aliphatic carbocycles. The second-order valence-corrected chi connectivity index (χ2v) is 6.75. The Labute approximate surface area is 122 Å². The first-order chi connectivity index (χ1) is 9.86. The van der Waals surface area contributed by atoms with E-state index in [1.54, 1.807) is 0 Å². The van der Waals surface area contributed by atoms with Gasteiger partial charge in [-0.1, -0.05) is 6.07 Å². The first-order valence-corrected chi connectivity index (χ1v) is 7.90. The van der Waals surface area contributed by atoms with Crippen LogP contribution in [-0.2, 0) is 19.6 Å². The number of halogens is 1. The molecule has 0 aromatic heterocycles. The second kappa shape index (κ2) is 6.08. The minimum atomic E-state index is -3.95. The van der Waals surface area contributed by atoms with Crippen molar-refractivity contribution in [1.82, 2.24) is 4.72 Å². The van der Waals surface area contributed by atoms with Gasteiger partial charge in [0, 0.05) is 19.8 Å². The Hall–Kier alpha value is -1.51. The zero-order valence-corrected chi connectivity index (χ0v) is 12.0. The maximum absolute atomic E-state index is 13.1. The summed E-state index contributed by atoms with van der Waals surface area (Å²) in [5.41, 5.74) is -1.18. The van der Waals surface area contributed by atoms with E-state index in [4.69, 9.17) is 4.74 Å². The molecule has 1 aliphatic rings. The molecule has 1 aliphatic heterocycles. The van der Waals surface area contributed by atoms with E-state index in [1.807, 2.05) is 0 Å². The molecule has 1 aromatic rings. The summed E-state index contributed by atoms with van der Waals surface area (Å²) in [6, 6.07) is 4.56. The standard InChI is InChI=1S/C13H16FNO5S/c14-10-2-1-3-11(8-10)21(18,19)15-9-13(12(16)17)4-6-20-7-5-13/h1-3,8,15H,4-7,9H2,(H,16,17). The van der Waals surface area contributed by atoms with Gasteiger partial charge in [0.25, 0.3) is 0 Å². The summed E-state index contributed by atoms with van der Waals surface area (Å²) in [6.45, 7) is 0.298. The minimum Gasteiger partial charge on any atom is -0.481 e. The van der Waals surface area contributed by atoms with E-state index in [9.17, 15) is 22.7 Å². The van der Waals surface area contributed by atoms with Gasteiger partial charge in [-0.3, -0.25) is 4.79 Å². The quantitative estimate of drug-likeness (QED) is 0.844. The highest BCUT2D eigenvalue weighted by molar-refractivity contribution is 7.89. The SMILES string of the molecule is O=C(O)C1(CNS(=O)(=O)c2cccc(F)c2)CCOCC1. The van der Waals surface area contributed by atoms with Crippen molar-refractivity contribution in [3.05, 3.63) is 30.1 Å². The van der Waals surface area contributed by atoms with Crippen LogP contribution in [0.5, 0.6) is 0 Å². The summed E-state index contributed by atoms with van der Waals surface area (Å²) in [5.74, 6) is -1.73.